The van der Waals surface area contributed by atoms with E-state index in [4.69, 9.17) is 4.74 Å². The highest BCUT2D eigenvalue weighted by atomic mass is 16.5. The number of piperazine rings is 1. The number of morpholine rings is 1. The minimum Gasteiger partial charge on any atom is -0.370 e. The van der Waals surface area contributed by atoms with Gasteiger partial charge in [-0.2, -0.15) is 0 Å². The number of amides is 2. The molecule has 1 atom stereocenters. The number of ether oxygens (including phenoxy) is 1. The summed E-state index contributed by atoms with van der Waals surface area (Å²) in [7, 11) is 0. The first kappa shape index (κ1) is 18.6. The van der Waals surface area contributed by atoms with Crippen molar-refractivity contribution in [2.24, 2.45) is 0 Å². The van der Waals surface area contributed by atoms with Gasteiger partial charge in [-0.25, -0.2) is 0 Å². The van der Waals surface area contributed by atoms with Gasteiger partial charge in [0, 0.05) is 23.0 Å². The second-order valence-electron chi connectivity index (χ2n) is 8.94. The summed E-state index contributed by atoms with van der Waals surface area (Å²) in [5.41, 5.74) is 2.76. The zero-order valence-electron chi connectivity index (χ0n) is 17.2. The normalized spacial score (nSPS) is 24.7. The topological polar surface area (TPSA) is 70.1 Å². The molecule has 0 saturated carbocycles. The SMILES string of the molecule is CC1(C)c2[nH]c3ccccc3c2C[C@H]2C(=O)N(CC[NH+]3CCOCC3)CC(=O)N21. The van der Waals surface area contributed by atoms with Crippen molar-refractivity contribution in [3.63, 3.8) is 0 Å². The Morgan fingerprint density at radius 2 is 1.97 bits per heavy atom. The molecule has 0 radical (unpaired) electrons. The van der Waals surface area contributed by atoms with Crippen LogP contribution >= 0.6 is 0 Å². The third kappa shape index (κ3) is 2.95. The minimum atomic E-state index is -0.536. The molecule has 2 amide bonds. The number of nitrogens with zero attached hydrogens (tertiary/aromatic N) is 2. The number of carbonyl (C=O) groups excluding carboxylic acids is 2. The van der Waals surface area contributed by atoms with E-state index in [1.807, 2.05) is 30.9 Å². The molecule has 2 fully saturated rings. The van der Waals surface area contributed by atoms with Crippen LogP contribution in [0.3, 0.4) is 0 Å². The molecule has 2 saturated heterocycles. The van der Waals surface area contributed by atoms with Crippen molar-refractivity contribution >= 4 is 22.7 Å². The van der Waals surface area contributed by atoms with Gasteiger partial charge in [-0.3, -0.25) is 9.59 Å². The number of para-hydroxylation sites is 1. The van der Waals surface area contributed by atoms with Gasteiger partial charge in [0.25, 0.3) is 0 Å². The predicted molar refractivity (Wildman–Crippen MR) is 109 cm³/mol. The maximum atomic E-state index is 13.4. The Labute approximate surface area is 170 Å². The molecule has 154 valence electrons. The van der Waals surface area contributed by atoms with Crippen LogP contribution in [0.25, 0.3) is 10.9 Å². The van der Waals surface area contributed by atoms with Gasteiger partial charge in [-0.15, -0.1) is 0 Å². The molecule has 3 aliphatic heterocycles. The Morgan fingerprint density at radius 1 is 1.21 bits per heavy atom. The second kappa shape index (κ2) is 6.85. The van der Waals surface area contributed by atoms with Crippen molar-refractivity contribution < 1.29 is 19.2 Å². The second-order valence-corrected chi connectivity index (χ2v) is 8.94. The molecule has 5 rings (SSSR count). The number of benzene rings is 1. The van der Waals surface area contributed by atoms with Gasteiger partial charge in [-0.05, 0) is 25.5 Å². The number of aromatic nitrogens is 1. The first-order valence-electron chi connectivity index (χ1n) is 10.6. The lowest BCUT2D eigenvalue weighted by Gasteiger charge is -2.51. The summed E-state index contributed by atoms with van der Waals surface area (Å²) < 4.78 is 5.42. The first-order chi connectivity index (χ1) is 14.0. The summed E-state index contributed by atoms with van der Waals surface area (Å²) in [6.45, 7) is 9.26. The molecule has 1 aromatic carbocycles. The Balaban J connectivity index is 1.43. The molecule has 4 heterocycles. The molecule has 0 bridgehead atoms. The van der Waals surface area contributed by atoms with E-state index in [9.17, 15) is 9.59 Å². The molecule has 0 aliphatic carbocycles. The van der Waals surface area contributed by atoms with Crippen LogP contribution in [0, 0.1) is 0 Å². The number of rotatable bonds is 3. The monoisotopic (exact) mass is 397 g/mol. The van der Waals surface area contributed by atoms with Crippen LogP contribution in [0.1, 0.15) is 25.1 Å². The van der Waals surface area contributed by atoms with E-state index in [2.05, 4.69) is 17.1 Å². The van der Waals surface area contributed by atoms with E-state index in [1.54, 1.807) is 4.90 Å². The Hall–Kier alpha value is -2.38. The third-order valence-corrected chi connectivity index (χ3v) is 6.86. The smallest absolute Gasteiger partial charge is 0.246 e. The number of nitrogens with one attached hydrogen (secondary N) is 2. The molecule has 0 unspecified atom stereocenters. The maximum Gasteiger partial charge on any atom is 0.246 e. The lowest BCUT2D eigenvalue weighted by atomic mass is 9.82. The van der Waals surface area contributed by atoms with Gasteiger partial charge >= 0.3 is 0 Å². The number of hydrogen-bond donors (Lipinski definition) is 2. The fraction of sp³-hybridized carbons (Fsp3) is 0.545. The molecular weight excluding hydrogens is 368 g/mol. The summed E-state index contributed by atoms with van der Waals surface area (Å²) in [6.07, 6.45) is 0.578. The number of hydrogen-bond acceptors (Lipinski definition) is 3. The first-order valence-corrected chi connectivity index (χ1v) is 10.6. The summed E-state index contributed by atoms with van der Waals surface area (Å²) in [5, 5.41) is 1.16. The predicted octanol–water partition coefficient (Wildman–Crippen LogP) is -0.0864. The highest BCUT2D eigenvalue weighted by Crippen LogP contribution is 2.42. The minimum absolute atomic E-state index is 0.0425. The lowest BCUT2D eigenvalue weighted by Crippen LogP contribution is -3.14. The van der Waals surface area contributed by atoms with Crippen LogP contribution in [-0.2, 0) is 26.3 Å². The van der Waals surface area contributed by atoms with Crippen LogP contribution < -0.4 is 4.90 Å². The quantitative estimate of drug-likeness (QED) is 0.761. The van der Waals surface area contributed by atoms with E-state index in [0.717, 1.165) is 49.4 Å². The van der Waals surface area contributed by atoms with Crippen molar-refractivity contribution in [2.75, 3.05) is 45.9 Å². The number of quaternary nitrogens is 1. The zero-order valence-corrected chi connectivity index (χ0v) is 17.2. The maximum absolute atomic E-state index is 13.4. The molecule has 7 nitrogen and oxygen atoms in total. The van der Waals surface area contributed by atoms with Gasteiger partial charge in [-0.1, -0.05) is 18.2 Å². The Bertz CT molecular complexity index is 960. The van der Waals surface area contributed by atoms with Crippen molar-refractivity contribution in [1.82, 2.24) is 14.8 Å². The van der Waals surface area contributed by atoms with Gasteiger partial charge in [0.15, 0.2) is 0 Å². The van der Waals surface area contributed by atoms with Crippen LogP contribution in [0.4, 0.5) is 0 Å². The van der Waals surface area contributed by atoms with E-state index >= 15 is 0 Å². The average molecular weight is 397 g/mol. The molecule has 2 aromatic rings. The Morgan fingerprint density at radius 3 is 2.76 bits per heavy atom. The van der Waals surface area contributed by atoms with Crippen LogP contribution in [0.5, 0.6) is 0 Å². The average Bonchev–Trinajstić information content (AvgIpc) is 3.10. The van der Waals surface area contributed by atoms with Crippen molar-refractivity contribution in [3.05, 3.63) is 35.5 Å². The number of H-pyrrole nitrogens is 1. The standard InChI is InChI=1S/C22H28N4O3/c1-22(2)20-16(15-5-3-4-6-17(15)23-20)13-18-21(28)25(14-19(27)26(18)22)8-7-24-9-11-29-12-10-24/h3-6,18,23H,7-14H2,1-2H3/p+1/t18-/m0/s1. The Kier molecular flexibility index (Phi) is 4.40. The number of carbonyl (C=O) groups is 2. The summed E-state index contributed by atoms with van der Waals surface area (Å²) in [6, 6.07) is 7.78. The van der Waals surface area contributed by atoms with E-state index in [1.165, 1.54) is 10.5 Å². The molecule has 29 heavy (non-hydrogen) atoms. The fourth-order valence-electron chi connectivity index (χ4n) is 5.33. The zero-order chi connectivity index (χ0) is 20.2. The van der Waals surface area contributed by atoms with Crippen LogP contribution in [0.15, 0.2) is 24.3 Å². The highest BCUT2D eigenvalue weighted by Gasteiger charge is 2.51. The summed E-state index contributed by atoms with van der Waals surface area (Å²) in [5.74, 6) is 0.127. The van der Waals surface area contributed by atoms with Crippen molar-refractivity contribution in [2.45, 2.75) is 31.8 Å². The van der Waals surface area contributed by atoms with E-state index < -0.39 is 11.6 Å². The van der Waals surface area contributed by atoms with Crippen LogP contribution in [0.2, 0.25) is 0 Å². The van der Waals surface area contributed by atoms with Crippen LogP contribution in [-0.4, -0.2) is 78.6 Å². The van der Waals surface area contributed by atoms with Gasteiger partial charge in [0.05, 0.1) is 31.8 Å². The molecular formula is C22H29N4O3+. The van der Waals surface area contributed by atoms with Crippen molar-refractivity contribution in [1.29, 1.82) is 0 Å². The number of fused-ring (bicyclic) bond motifs is 4. The van der Waals surface area contributed by atoms with E-state index in [-0.39, 0.29) is 18.4 Å². The largest absolute Gasteiger partial charge is 0.370 e. The molecule has 2 N–H and O–H groups in total. The lowest BCUT2D eigenvalue weighted by molar-refractivity contribution is -0.907. The molecule has 7 heteroatoms. The third-order valence-electron chi connectivity index (χ3n) is 6.86. The van der Waals surface area contributed by atoms with Gasteiger partial charge < -0.3 is 24.4 Å². The summed E-state index contributed by atoms with van der Waals surface area (Å²) in [4.78, 5) is 35.2. The van der Waals surface area contributed by atoms with Gasteiger partial charge in [0.1, 0.15) is 25.7 Å². The number of aromatic amines is 1. The molecule has 1 aromatic heterocycles. The highest BCUT2D eigenvalue weighted by molar-refractivity contribution is 5.97. The van der Waals surface area contributed by atoms with Gasteiger partial charge in [0.2, 0.25) is 11.8 Å². The van der Waals surface area contributed by atoms with E-state index in [0.29, 0.717) is 13.0 Å². The summed E-state index contributed by atoms with van der Waals surface area (Å²) >= 11 is 0. The molecule has 0 spiro atoms. The van der Waals surface area contributed by atoms with Crippen molar-refractivity contribution in [3.8, 4) is 0 Å². The fourth-order valence-corrected chi connectivity index (χ4v) is 5.33. The molecule has 3 aliphatic rings.